The molecule has 4 nitrogen and oxygen atoms in total. The van der Waals surface area contributed by atoms with Crippen LogP contribution in [0.2, 0.25) is 5.02 Å². The first-order chi connectivity index (χ1) is 9.21. The van der Waals surface area contributed by atoms with Gasteiger partial charge in [0.15, 0.2) is 0 Å². The third-order valence-electron chi connectivity index (χ3n) is 2.31. The van der Waals surface area contributed by atoms with Gasteiger partial charge in [-0.25, -0.2) is 9.18 Å². The van der Waals surface area contributed by atoms with Crippen LogP contribution >= 0.6 is 11.6 Å². The number of ether oxygens (including phenoxy) is 1. The molecule has 0 aliphatic carbocycles. The van der Waals surface area contributed by atoms with Gasteiger partial charge in [0.2, 0.25) is 0 Å². The van der Waals surface area contributed by atoms with Gasteiger partial charge < -0.3 is 14.8 Å². The van der Waals surface area contributed by atoms with E-state index < -0.39 is 23.6 Å². The number of hydrogen-bond acceptors (Lipinski definition) is 3. The highest BCUT2D eigenvalue weighted by molar-refractivity contribution is 6.30. The summed E-state index contributed by atoms with van der Waals surface area (Å²) in [4.78, 5) is 22.4. The van der Waals surface area contributed by atoms with Crippen LogP contribution in [0.1, 0.15) is 38.8 Å². The Morgan fingerprint density at radius 3 is 2.60 bits per heavy atom. The van der Waals surface area contributed by atoms with Gasteiger partial charge >= 0.3 is 6.09 Å². The van der Waals surface area contributed by atoms with E-state index in [2.05, 4.69) is 5.32 Å². The van der Waals surface area contributed by atoms with Crippen molar-refractivity contribution >= 4 is 24.0 Å². The molecule has 6 heteroatoms. The summed E-state index contributed by atoms with van der Waals surface area (Å²) in [7, 11) is 0. The molecule has 0 fully saturated rings. The number of aldehydes is 1. The number of benzene rings is 1. The number of hydrogen-bond donors (Lipinski definition) is 1. The second-order valence-electron chi connectivity index (χ2n) is 5.30. The van der Waals surface area contributed by atoms with Crippen LogP contribution in [0.15, 0.2) is 18.2 Å². The van der Waals surface area contributed by atoms with Crippen molar-refractivity contribution in [3.63, 3.8) is 0 Å². The monoisotopic (exact) mass is 301 g/mol. The number of carbonyl (C=O) groups excluding carboxylic acids is 2. The molecule has 0 bridgehead atoms. The predicted molar refractivity (Wildman–Crippen MR) is 74.2 cm³/mol. The second kappa shape index (κ2) is 6.70. The van der Waals surface area contributed by atoms with Crippen LogP contribution in [0.5, 0.6) is 0 Å². The minimum Gasteiger partial charge on any atom is -0.444 e. The van der Waals surface area contributed by atoms with Crippen LogP contribution in [-0.2, 0) is 9.53 Å². The Morgan fingerprint density at radius 2 is 2.10 bits per heavy atom. The smallest absolute Gasteiger partial charge is 0.408 e. The Bertz CT molecular complexity index is 479. The highest BCUT2D eigenvalue weighted by atomic mass is 35.5. The molecule has 0 heterocycles. The molecule has 0 radical (unpaired) electrons. The molecular weight excluding hydrogens is 285 g/mol. The van der Waals surface area contributed by atoms with Crippen molar-refractivity contribution in [1.82, 2.24) is 5.32 Å². The normalized spacial score (nSPS) is 12.7. The van der Waals surface area contributed by atoms with E-state index in [0.29, 0.717) is 11.8 Å². The van der Waals surface area contributed by atoms with E-state index in [-0.39, 0.29) is 11.4 Å². The first-order valence-electron chi connectivity index (χ1n) is 6.10. The van der Waals surface area contributed by atoms with Crippen LogP contribution in [0.4, 0.5) is 9.18 Å². The minimum absolute atomic E-state index is 0.000967. The number of amides is 1. The van der Waals surface area contributed by atoms with Crippen LogP contribution in [-0.4, -0.2) is 18.0 Å². The maximum absolute atomic E-state index is 13.3. The summed E-state index contributed by atoms with van der Waals surface area (Å²) in [5.74, 6) is -0.533. The number of nitrogens with one attached hydrogen (secondary N) is 1. The third-order valence-corrected chi connectivity index (χ3v) is 2.53. The Labute approximate surface area is 122 Å². The third kappa shape index (κ3) is 5.57. The average Bonchev–Trinajstić information content (AvgIpc) is 2.24. The average molecular weight is 302 g/mol. The van der Waals surface area contributed by atoms with Gasteiger partial charge in [0.25, 0.3) is 0 Å². The van der Waals surface area contributed by atoms with Crippen molar-refractivity contribution in [1.29, 1.82) is 0 Å². The molecule has 110 valence electrons. The topological polar surface area (TPSA) is 55.4 Å². The lowest BCUT2D eigenvalue weighted by molar-refractivity contribution is -0.108. The maximum atomic E-state index is 13.3. The molecule has 1 atom stereocenters. The van der Waals surface area contributed by atoms with Crippen molar-refractivity contribution in [2.75, 3.05) is 0 Å². The molecule has 1 N–H and O–H groups in total. The van der Waals surface area contributed by atoms with E-state index >= 15 is 0 Å². The molecule has 0 aromatic heterocycles. The molecule has 1 amide bonds. The fourth-order valence-corrected chi connectivity index (χ4v) is 1.83. The van der Waals surface area contributed by atoms with Crippen LogP contribution in [0.3, 0.4) is 0 Å². The molecule has 0 saturated carbocycles. The quantitative estimate of drug-likeness (QED) is 0.864. The molecule has 1 rings (SSSR count). The lowest BCUT2D eigenvalue weighted by Crippen LogP contribution is -2.35. The van der Waals surface area contributed by atoms with E-state index in [9.17, 15) is 14.0 Å². The van der Waals surface area contributed by atoms with Crippen molar-refractivity contribution in [3.05, 3.63) is 34.6 Å². The van der Waals surface area contributed by atoms with Crippen LogP contribution in [0.25, 0.3) is 0 Å². The summed E-state index contributed by atoms with van der Waals surface area (Å²) >= 11 is 5.77. The summed E-state index contributed by atoms with van der Waals surface area (Å²) in [6.07, 6.45) is -0.0374. The second-order valence-corrected chi connectivity index (χ2v) is 5.74. The zero-order chi connectivity index (χ0) is 15.3. The van der Waals surface area contributed by atoms with E-state index in [0.717, 1.165) is 6.07 Å². The SMILES string of the molecule is CC(C)(C)OC(=O)N[C@@H](CC=O)c1cc(F)cc(Cl)c1. The lowest BCUT2D eigenvalue weighted by atomic mass is 10.0. The Balaban J connectivity index is 2.88. The molecule has 0 unspecified atom stereocenters. The minimum atomic E-state index is -0.685. The zero-order valence-corrected chi connectivity index (χ0v) is 12.3. The highest BCUT2D eigenvalue weighted by Crippen LogP contribution is 2.22. The van der Waals surface area contributed by atoms with Crippen molar-refractivity contribution < 1.29 is 18.7 Å². The van der Waals surface area contributed by atoms with Gasteiger partial charge in [0.1, 0.15) is 17.7 Å². The largest absolute Gasteiger partial charge is 0.444 e. The fraction of sp³-hybridized carbons (Fsp3) is 0.429. The number of halogens is 2. The molecular formula is C14H17ClFNO3. The maximum Gasteiger partial charge on any atom is 0.408 e. The summed E-state index contributed by atoms with van der Waals surface area (Å²) in [6, 6.07) is 3.18. The summed E-state index contributed by atoms with van der Waals surface area (Å²) < 4.78 is 18.4. The number of carbonyl (C=O) groups is 2. The number of rotatable bonds is 4. The molecule has 0 aliphatic heterocycles. The molecule has 1 aromatic carbocycles. The van der Waals surface area contributed by atoms with E-state index in [1.165, 1.54) is 12.1 Å². The summed E-state index contributed by atoms with van der Waals surface area (Å²) in [6.45, 7) is 5.17. The summed E-state index contributed by atoms with van der Waals surface area (Å²) in [5.41, 5.74) is -0.247. The first kappa shape index (κ1) is 16.4. The molecule has 20 heavy (non-hydrogen) atoms. The highest BCUT2D eigenvalue weighted by Gasteiger charge is 2.21. The Morgan fingerprint density at radius 1 is 1.45 bits per heavy atom. The van der Waals surface area contributed by atoms with Crippen LogP contribution in [0, 0.1) is 5.82 Å². The lowest BCUT2D eigenvalue weighted by Gasteiger charge is -2.23. The van der Waals surface area contributed by atoms with Gasteiger partial charge in [-0.1, -0.05) is 11.6 Å². The summed E-state index contributed by atoms with van der Waals surface area (Å²) in [5, 5.41) is 2.72. The Hall–Kier alpha value is -1.62. The zero-order valence-electron chi connectivity index (χ0n) is 11.6. The van der Waals surface area contributed by atoms with Crippen LogP contribution < -0.4 is 5.32 Å². The molecule has 0 saturated heterocycles. The van der Waals surface area contributed by atoms with Gasteiger partial charge in [0, 0.05) is 11.4 Å². The van der Waals surface area contributed by atoms with E-state index in [1.54, 1.807) is 20.8 Å². The van der Waals surface area contributed by atoms with Gasteiger partial charge in [-0.05, 0) is 44.5 Å². The van der Waals surface area contributed by atoms with E-state index in [4.69, 9.17) is 16.3 Å². The van der Waals surface area contributed by atoms with Gasteiger partial charge in [-0.2, -0.15) is 0 Å². The Kier molecular flexibility index (Phi) is 5.51. The molecule has 1 aromatic rings. The predicted octanol–water partition coefficient (Wildman–Crippen LogP) is 3.63. The van der Waals surface area contributed by atoms with Gasteiger partial charge in [-0.15, -0.1) is 0 Å². The van der Waals surface area contributed by atoms with Crippen molar-refractivity contribution in [2.45, 2.75) is 38.8 Å². The fourth-order valence-electron chi connectivity index (χ4n) is 1.60. The molecule has 0 spiro atoms. The first-order valence-corrected chi connectivity index (χ1v) is 6.48. The van der Waals surface area contributed by atoms with E-state index in [1.807, 2.05) is 0 Å². The number of alkyl carbamates (subject to hydrolysis) is 1. The van der Waals surface area contributed by atoms with Crippen molar-refractivity contribution in [2.24, 2.45) is 0 Å². The van der Waals surface area contributed by atoms with Crippen molar-refractivity contribution in [3.8, 4) is 0 Å². The molecule has 0 aliphatic rings. The van der Waals surface area contributed by atoms with Gasteiger partial charge in [-0.3, -0.25) is 0 Å². The van der Waals surface area contributed by atoms with Gasteiger partial charge in [0.05, 0.1) is 6.04 Å². The standard InChI is InChI=1S/C14H17ClFNO3/c1-14(2,3)20-13(19)17-12(4-5-18)9-6-10(15)8-11(16)7-9/h5-8,12H,4H2,1-3H3,(H,17,19)/t12-/m0/s1.